The fourth-order valence-corrected chi connectivity index (χ4v) is 3.81. The summed E-state index contributed by atoms with van der Waals surface area (Å²) in [6.45, 7) is 3.93. The van der Waals surface area contributed by atoms with Crippen LogP contribution in [0.2, 0.25) is 0 Å². The molecule has 2 aliphatic rings. The van der Waals surface area contributed by atoms with Crippen molar-refractivity contribution >= 4 is 12.0 Å². The molecule has 2 amide bonds. The van der Waals surface area contributed by atoms with Gasteiger partial charge in [0.05, 0.1) is 25.8 Å². The zero-order valence-electron chi connectivity index (χ0n) is 16.8. The van der Waals surface area contributed by atoms with Gasteiger partial charge < -0.3 is 24.8 Å². The van der Waals surface area contributed by atoms with Gasteiger partial charge >= 0.3 is 12.0 Å². The molecule has 28 heavy (non-hydrogen) atoms. The van der Waals surface area contributed by atoms with Crippen LogP contribution in [-0.4, -0.2) is 32.3 Å². The molecule has 2 N–H and O–H groups in total. The first-order chi connectivity index (χ1) is 13.4. The minimum Gasteiger partial charge on any atom is -0.493 e. The Labute approximate surface area is 165 Å². The van der Waals surface area contributed by atoms with Gasteiger partial charge in [-0.15, -0.1) is 0 Å². The van der Waals surface area contributed by atoms with E-state index in [1.54, 1.807) is 39.3 Å². The first-order valence-electron chi connectivity index (χ1n) is 9.64. The third-order valence-electron chi connectivity index (χ3n) is 5.47. The first kappa shape index (κ1) is 20.0. The van der Waals surface area contributed by atoms with Crippen molar-refractivity contribution in [1.29, 1.82) is 0 Å². The number of nitrogens with one attached hydrogen (secondary N) is 2. The highest BCUT2D eigenvalue weighted by atomic mass is 16.5. The number of allylic oxidation sites excluding steroid dienone is 1. The SMILES string of the molecule is COc1ccc([C@@H]2NC(=O)NC(C)=C2C(=O)OC2CCC(C)CC2)cc1OC. The topological polar surface area (TPSA) is 85.9 Å². The van der Waals surface area contributed by atoms with E-state index in [1.165, 1.54) is 0 Å². The molecule has 0 unspecified atom stereocenters. The monoisotopic (exact) mass is 388 g/mol. The molecule has 152 valence electrons. The number of rotatable bonds is 5. The number of methoxy groups -OCH3 is 2. The number of benzene rings is 1. The maximum atomic E-state index is 13.0. The maximum absolute atomic E-state index is 13.0. The van der Waals surface area contributed by atoms with Gasteiger partial charge in [0.25, 0.3) is 0 Å². The van der Waals surface area contributed by atoms with Gasteiger partial charge in [0, 0.05) is 5.70 Å². The lowest BCUT2D eigenvalue weighted by Crippen LogP contribution is -2.45. The van der Waals surface area contributed by atoms with E-state index in [9.17, 15) is 9.59 Å². The van der Waals surface area contributed by atoms with Gasteiger partial charge in [0.1, 0.15) is 6.10 Å². The fraction of sp³-hybridized carbons (Fsp3) is 0.524. The number of carbonyl (C=O) groups is 2. The molecule has 1 aromatic carbocycles. The summed E-state index contributed by atoms with van der Waals surface area (Å²) in [5, 5.41) is 5.50. The Kier molecular flexibility index (Phi) is 6.11. The van der Waals surface area contributed by atoms with Crippen LogP contribution < -0.4 is 20.1 Å². The highest BCUT2D eigenvalue weighted by Crippen LogP contribution is 2.35. The smallest absolute Gasteiger partial charge is 0.338 e. The Morgan fingerprint density at radius 3 is 2.39 bits per heavy atom. The van der Waals surface area contributed by atoms with Crippen LogP contribution in [0, 0.1) is 5.92 Å². The van der Waals surface area contributed by atoms with Crippen LogP contribution in [0.5, 0.6) is 11.5 Å². The molecule has 1 aliphatic heterocycles. The summed E-state index contributed by atoms with van der Waals surface area (Å²) < 4.78 is 16.4. The summed E-state index contributed by atoms with van der Waals surface area (Å²) in [5.74, 6) is 1.38. The molecule has 1 saturated carbocycles. The third-order valence-corrected chi connectivity index (χ3v) is 5.47. The highest BCUT2D eigenvalue weighted by Gasteiger charge is 2.34. The zero-order valence-corrected chi connectivity index (χ0v) is 16.8. The van der Waals surface area contributed by atoms with Crippen molar-refractivity contribution in [2.75, 3.05) is 14.2 Å². The van der Waals surface area contributed by atoms with Gasteiger partial charge in [-0.2, -0.15) is 0 Å². The van der Waals surface area contributed by atoms with E-state index in [-0.39, 0.29) is 12.1 Å². The van der Waals surface area contributed by atoms with Crippen LogP contribution in [0.3, 0.4) is 0 Å². The average Bonchev–Trinajstić information content (AvgIpc) is 2.68. The quantitative estimate of drug-likeness (QED) is 0.755. The summed E-state index contributed by atoms with van der Waals surface area (Å²) in [6, 6.07) is 4.34. The molecule has 0 saturated heterocycles. The second-order valence-electron chi connectivity index (χ2n) is 7.47. The predicted molar refractivity (Wildman–Crippen MR) is 104 cm³/mol. The van der Waals surface area contributed by atoms with Crippen LogP contribution in [-0.2, 0) is 9.53 Å². The number of carbonyl (C=O) groups excluding carboxylic acids is 2. The summed E-state index contributed by atoms with van der Waals surface area (Å²) in [4.78, 5) is 25.1. The predicted octanol–water partition coefficient (Wildman–Crippen LogP) is 3.45. The van der Waals surface area contributed by atoms with E-state index >= 15 is 0 Å². The van der Waals surface area contributed by atoms with Crippen molar-refractivity contribution in [3.8, 4) is 11.5 Å². The third kappa shape index (κ3) is 4.24. The molecule has 0 spiro atoms. The number of hydrogen-bond donors (Lipinski definition) is 2. The average molecular weight is 388 g/mol. The molecule has 7 heteroatoms. The second-order valence-corrected chi connectivity index (χ2v) is 7.47. The van der Waals surface area contributed by atoms with Gasteiger partial charge in [0.2, 0.25) is 0 Å². The van der Waals surface area contributed by atoms with E-state index in [4.69, 9.17) is 14.2 Å². The van der Waals surface area contributed by atoms with Crippen LogP contribution in [0.25, 0.3) is 0 Å². The summed E-state index contributed by atoms with van der Waals surface area (Å²) >= 11 is 0. The minimum absolute atomic E-state index is 0.0762. The molecular formula is C21H28N2O5. The Balaban J connectivity index is 1.87. The van der Waals surface area contributed by atoms with Crippen molar-refractivity contribution in [2.24, 2.45) is 5.92 Å². The minimum atomic E-state index is -0.622. The normalized spacial score (nSPS) is 24.9. The summed E-state index contributed by atoms with van der Waals surface area (Å²) in [7, 11) is 3.10. The molecule has 0 bridgehead atoms. The number of urea groups is 1. The van der Waals surface area contributed by atoms with Crippen molar-refractivity contribution in [3.63, 3.8) is 0 Å². The molecule has 7 nitrogen and oxygen atoms in total. The molecular weight excluding hydrogens is 360 g/mol. The molecule has 1 aromatic rings. The van der Waals surface area contributed by atoms with Crippen LogP contribution >= 0.6 is 0 Å². The molecule has 0 radical (unpaired) electrons. The molecule has 1 atom stereocenters. The van der Waals surface area contributed by atoms with Crippen LogP contribution in [0.15, 0.2) is 29.5 Å². The summed E-state index contributed by atoms with van der Waals surface area (Å²) in [6.07, 6.45) is 3.79. The largest absolute Gasteiger partial charge is 0.493 e. The van der Waals surface area contributed by atoms with Gasteiger partial charge in [-0.3, -0.25) is 0 Å². The molecule has 1 heterocycles. The molecule has 1 aliphatic carbocycles. The first-order valence-corrected chi connectivity index (χ1v) is 9.64. The van der Waals surface area contributed by atoms with E-state index in [1.807, 2.05) is 0 Å². The maximum Gasteiger partial charge on any atom is 0.338 e. The highest BCUT2D eigenvalue weighted by molar-refractivity contribution is 5.95. The lowest BCUT2D eigenvalue weighted by atomic mass is 9.88. The van der Waals surface area contributed by atoms with Gasteiger partial charge in [-0.25, -0.2) is 9.59 Å². The van der Waals surface area contributed by atoms with Gasteiger partial charge in [-0.1, -0.05) is 13.0 Å². The Morgan fingerprint density at radius 2 is 1.75 bits per heavy atom. The zero-order chi connectivity index (χ0) is 20.3. The van der Waals surface area contributed by atoms with E-state index in [0.29, 0.717) is 28.7 Å². The number of esters is 1. The molecule has 3 rings (SSSR count). The Bertz CT molecular complexity index is 781. The second kappa shape index (κ2) is 8.54. The lowest BCUT2D eigenvalue weighted by molar-refractivity contribution is -0.146. The van der Waals surface area contributed by atoms with Gasteiger partial charge in [-0.05, 0) is 56.2 Å². The van der Waals surface area contributed by atoms with Crippen molar-refractivity contribution in [1.82, 2.24) is 10.6 Å². The van der Waals surface area contributed by atoms with E-state index < -0.39 is 12.0 Å². The standard InChI is InChI=1S/C21H28N2O5/c1-12-5-8-15(9-6-12)28-20(24)18-13(2)22-21(25)23-19(18)14-7-10-16(26-3)17(11-14)27-4/h7,10-12,15,19H,5-6,8-9H2,1-4H3,(H2,22,23,25)/t12?,15?,19-/m0/s1. The van der Waals surface area contributed by atoms with E-state index in [2.05, 4.69) is 17.6 Å². The molecule has 0 aromatic heterocycles. The van der Waals surface area contributed by atoms with Gasteiger partial charge in [0.15, 0.2) is 11.5 Å². The van der Waals surface area contributed by atoms with Crippen LogP contribution in [0.4, 0.5) is 4.79 Å². The van der Waals surface area contributed by atoms with Crippen molar-refractivity contribution in [2.45, 2.75) is 51.7 Å². The fourth-order valence-electron chi connectivity index (χ4n) is 3.81. The Hall–Kier alpha value is -2.70. The number of ether oxygens (including phenoxy) is 3. The lowest BCUT2D eigenvalue weighted by Gasteiger charge is -2.31. The Morgan fingerprint density at radius 1 is 1.07 bits per heavy atom. The van der Waals surface area contributed by atoms with Crippen LogP contribution in [0.1, 0.15) is 51.1 Å². The van der Waals surface area contributed by atoms with Crippen molar-refractivity contribution in [3.05, 3.63) is 35.0 Å². The summed E-state index contributed by atoms with van der Waals surface area (Å²) in [5.41, 5.74) is 1.62. The van der Waals surface area contributed by atoms with Crippen molar-refractivity contribution < 1.29 is 23.8 Å². The molecule has 1 fully saturated rings. The number of hydrogen-bond acceptors (Lipinski definition) is 5. The number of amides is 2. The van der Waals surface area contributed by atoms with E-state index in [0.717, 1.165) is 31.2 Å².